The molecule has 0 aromatic carbocycles. The molecule has 0 saturated heterocycles. The van der Waals surface area contributed by atoms with Gasteiger partial charge in [-0.1, -0.05) is 31.1 Å². The van der Waals surface area contributed by atoms with Crippen LogP contribution in [0.15, 0.2) is 65.2 Å². The number of allylic oxidation sites excluding steroid dienone is 5. The Hall–Kier alpha value is -3.88. The van der Waals surface area contributed by atoms with E-state index >= 15 is 0 Å². The summed E-state index contributed by atoms with van der Waals surface area (Å²) in [5, 5.41) is 15.7. The highest BCUT2D eigenvalue weighted by atomic mass is 16.6. The number of hydrogen-bond acceptors (Lipinski definition) is 8. The maximum Gasteiger partial charge on any atom is 0.338 e. The summed E-state index contributed by atoms with van der Waals surface area (Å²) in [7, 11) is 0. The molecule has 4 aliphatic rings. The molecule has 204 valence electrons. The highest BCUT2D eigenvalue weighted by Crippen LogP contribution is 2.46. The first kappa shape index (κ1) is 25.4. The monoisotopic (exact) mass is 530 g/mol. The quantitative estimate of drug-likeness (QED) is 0.450. The van der Waals surface area contributed by atoms with E-state index in [-0.39, 0.29) is 30.1 Å². The van der Waals surface area contributed by atoms with E-state index < -0.39 is 11.6 Å². The molecule has 0 amide bonds. The number of aromatic nitrogens is 4. The van der Waals surface area contributed by atoms with Crippen molar-refractivity contribution in [1.82, 2.24) is 19.6 Å². The molecule has 1 atom stereocenters. The molecular weight excluding hydrogens is 496 g/mol. The van der Waals surface area contributed by atoms with Gasteiger partial charge < -0.3 is 19.3 Å². The number of aryl methyl sites for hydroxylation is 2. The Balaban J connectivity index is 1.20. The topological polar surface area (TPSA) is 108 Å². The molecule has 0 bridgehead atoms. The van der Waals surface area contributed by atoms with E-state index in [0.29, 0.717) is 30.2 Å². The van der Waals surface area contributed by atoms with Crippen LogP contribution in [-0.2, 0) is 25.4 Å². The molecule has 2 aliphatic carbocycles. The minimum absolute atomic E-state index is 0.0624. The third kappa shape index (κ3) is 5.10. The van der Waals surface area contributed by atoms with Gasteiger partial charge in [-0.25, -0.2) is 14.3 Å². The van der Waals surface area contributed by atoms with E-state index in [0.717, 1.165) is 61.2 Å². The fraction of sp³-hybridized carbons (Fsp3) is 0.467. The van der Waals surface area contributed by atoms with Crippen LogP contribution in [-0.4, -0.2) is 36.3 Å². The zero-order valence-electron chi connectivity index (χ0n) is 22.5. The number of carbonyl (C=O) groups is 1. The van der Waals surface area contributed by atoms with Crippen LogP contribution in [0.2, 0.25) is 0 Å². The van der Waals surface area contributed by atoms with E-state index in [4.69, 9.17) is 14.2 Å². The first-order valence-electron chi connectivity index (χ1n) is 13.8. The number of ether oxygens (including phenoxy) is 3. The average Bonchev–Trinajstić information content (AvgIpc) is 3.61. The molecule has 4 heterocycles. The number of aliphatic hydroxyl groups excluding tert-OH is 1. The molecule has 2 aromatic heterocycles. The number of aliphatic hydroxyl groups is 1. The lowest BCUT2D eigenvalue weighted by Gasteiger charge is -2.42. The molecule has 1 unspecified atom stereocenters. The van der Waals surface area contributed by atoms with Crippen LogP contribution in [0.25, 0.3) is 5.78 Å². The van der Waals surface area contributed by atoms with Crippen molar-refractivity contribution in [3.63, 3.8) is 0 Å². The maximum atomic E-state index is 13.4. The minimum atomic E-state index is -0.791. The standard InChI is InChI=1S/C30H34N4O5/c1-19-14-20(2)34-29(31-19)32-27(33-34)15-24-25(35)16-30(39-28(24)36,22-10-6-7-11-22)13-12-23-17-37-18-26(38-23)21-8-4-3-5-9-21/h3-4,8,14,17-18,22,35H,5-7,9-13,15-16H2,1-2H3. The van der Waals surface area contributed by atoms with Gasteiger partial charge in [0.05, 0.1) is 5.57 Å². The lowest BCUT2D eigenvalue weighted by atomic mass is 9.76. The summed E-state index contributed by atoms with van der Waals surface area (Å²) in [6.07, 6.45) is 16.9. The van der Waals surface area contributed by atoms with E-state index in [2.05, 4.69) is 21.1 Å². The van der Waals surface area contributed by atoms with Crippen LogP contribution in [0, 0.1) is 19.8 Å². The second-order valence-electron chi connectivity index (χ2n) is 11.0. The molecule has 1 N–H and O–H groups in total. The van der Waals surface area contributed by atoms with E-state index in [9.17, 15) is 9.90 Å². The van der Waals surface area contributed by atoms with Crippen molar-refractivity contribution in [2.75, 3.05) is 0 Å². The van der Waals surface area contributed by atoms with Crippen molar-refractivity contribution in [1.29, 1.82) is 0 Å². The van der Waals surface area contributed by atoms with Crippen LogP contribution in [0.4, 0.5) is 0 Å². The number of rotatable bonds is 7. The van der Waals surface area contributed by atoms with E-state index in [1.807, 2.05) is 32.1 Å². The number of esters is 1. The molecule has 1 fully saturated rings. The Morgan fingerprint density at radius 2 is 2.03 bits per heavy atom. The molecule has 1 saturated carbocycles. The van der Waals surface area contributed by atoms with Crippen molar-refractivity contribution in [2.45, 2.75) is 83.7 Å². The molecule has 9 nitrogen and oxygen atoms in total. The summed E-state index contributed by atoms with van der Waals surface area (Å²) in [5.74, 6) is 2.05. The Labute approximate surface area is 227 Å². The van der Waals surface area contributed by atoms with Crippen molar-refractivity contribution < 1.29 is 24.1 Å². The van der Waals surface area contributed by atoms with Gasteiger partial charge in [-0.2, -0.15) is 4.98 Å². The lowest BCUT2D eigenvalue weighted by Crippen LogP contribution is -2.46. The van der Waals surface area contributed by atoms with Crippen LogP contribution in [0.1, 0.15) is 75.0 Å². The Bertz CT molecular complexity index is 1460. The van der Waals surface area contributed by atoms with Gasteiger partial charge in [0.2, 0.25) is 0 Å². The second kappa shape index (κ2) is 10.4. The molecule has 2 aliphatic heterocycles. The molecule has 0 radical (unpaired) electrons. The van der Waals surface area contributed by atoms with Crippen molar-refractivity contribution in [3.05, 3.63) is 82.5 Å². The average molecular weight is 531 g/mol. The molecular formula is C30H34N4O5. The molecule has 2 aromatic rings. The fourth-order valence-electron chi connectivity index (χ4n) is 6.18. The highest BCUT2D eigenvalue weighted by Gasteiger charge is 2.48. The Morgan fingerprint density at radius 1 is 1.18 bits per heavy atom. The summed E-state index contributed by atoms with van der Waals surface area (Å²) in [5.41, 5.74) is 2.27. The lowest BCUT2D eigenvalue weighted by molar-refractivity contribution is -0.167. The summed E-state index contributed by atoms with van der Waals surface area (Å²) < 4.78 is 19.7. The summed E-state index contributed by atoms with van der Waals surface area (Å²) in [4.78, 5) is 22.3. The van der Waals surface area contributed by atoms with Crippen LogP contribution in [0.5, 0.6) is 0 Å². The van der Waals surface area contributed by atoms with Crippen LogP contribution in [0.3, 0.4) is 0 Å². The number of cyclic esters (lactones) is 1. The van der Waals surface area contributed by atoms with Crippen molar-refractivity contribution >= 4 is 11.7 Å². The van der Waals surface area contributed by atoms with E-state index in [1.54, 1.807) is 17.0 Å². The van der Waals surface area contributed by atoms with Gasteiger partial charge in [-0.15, -0.1) is 5.10 Å². The van der Waals surface area contributed by atoms with Crippen LogP contribution < -0.4 is 0 Å². The zero-order chi connectivity index (χ0) is 27.0. The van der Waals surface area contributed by atoms with E-state index in [1.165, 1.54) is 0 Å². The predicted molar refractivity (Wildman–Crippen MR) is 143 cm³/mol. The van der Waals surface area contributed by atoms with Gasteiger partial charge in [0.15, 0.2) is 11.6 Å². The fourth-order valence-corrected chi connectivity index (χ4v) is 6.18. The van der Waals surface area contributed by atoms with Crippen molar-refractivity contribution in [3.8, 4) is 0 Å². The van der Waals surface area contributed by atoms with Crippen molar-refractivity contribution in [2.24, 2.45) is 5.92 Å². The zero-order valence-corrected chi connectivity index (χ0v) is 22.5. The van der Waals surface area contributed by atoms with Gasteiger partial charge >= 0.3 is 5.97 Å². The highest BCUT2D eigenvalue weighted by molar-refractivity contribution is 5.90. The summed E-state index contributed by atoms with van der Waals surface area (Å²) in [6, 6.07) is 1.92. The first-order valence-corrected chi connectivity index (χ1v) is 13.8. The van der Waals surface area contributed by atoms with Gasteiger partial charge in [0.1, 0.15) is 29.6 Å². The van der Waals surface area contributed by atoms with Gasteiger partial charge in [-0.3, -0.25) is 0 Å². The number of carbonyl (C=O) groups excluding carboxylic acids is 1. The number of hydrogen-bond donors (Lipinski definition) is 1. The minimum Gasteiger partial charge on any atom is -0.512 e. The molecule has 9 heteroatoms. The molecule has 6 rings (SSSR count). The van der Waals surface area contributed by atoms with Gasteiger partial charge in [0.25, 0.3) is 5.78 Å². The SMILES string of the molecule is Cc1cc(C)n2nc(CC3=C(O)CC(CCC4=COC=C(C5=CC=CCC5)O4)(C4CCCC4)OC3=O)nc2n1. The first-order chi connectivity index (χ1) is 18.9. The number of nitrogens with zero attached hydrogens (tertiary/aromatic N) is 4. The van der Waals surface area contributed by atoms with Gasteiger partial charge in [0, 0.05) is 30.7 Å². The Morgan fingerprint density at radius 3 is 2.79 bits per heavy atom. The summed E-state index contributed by atoms with van der Waals surface area (Å²) >= 11 is 0. The normalized spacial score (nSPS) is 23.7. The van der Waals surface area contributed by atoms with Crippen LogP contribution >= 0.6 is 0 Å². The predicted octanol–water partition coefficient (Wildman–Crippen LogP) is 5.76. The maximum absolute atomic E-state index is 13.4. The smallest absolute Gasteiger partial charge is 0.338 e. The molecule has 0 spiro atoms. The Kier molecular flexibility index (Phi) is 6.74. The number of fused-ring (bicyclic) bond motifs is 1. The third-order valence-corrected chi connectivity index (χ3v) is 8.19. The van der Waals surface area contributed by atoms with Gasteiger partial charge in [-0.05, 0) is 63.5 Å². The largest absolute Gasteiger partial charge is 0.512 e. The third-order valence-electron chi connectivity index (χ3n) is 8.19. The molecule has 39 heavy (non-hydrogen) atoms. The second-order valence-corrected chi connectivity index (χ2v) is 11.0. The summed E-state index contributed by atoms with van der Waals surface area (Å²) in [6.45, 7) is 3.83.